The molecule has 0 aliphatic heterocycles. The van der Waals surface area contributed by atoms with Crippen molar-refractivity contribution in [3.05, 3.63) is 41.7 Å². The molecule has 0 spiro atoms. The van der Waals surface area contributed by atoms with Crippen molar-refractivity contribution in [1.29, 1.82) is 0 Å². The predicted octanol–water partition coefficient (Wildman–Crippen LogP) is 1.66. The minimum Gasteiger partial charge on any atom is -0.518 e. The number of hydrogen-bond acceptors (Lipinski definition) is 3. The lowest BCUT2D eigenvalue weighted by atomic mass is 10.1. The Hall–Kier alpha value is -1.47. The van der Waals surface area contributed by atoms with Crippen LogP contribution in [0.15, 0.2) is 30.5 Å². The summed E-state index contributed by atoms with van der Waals surface area (Å²) in [6.45, 7) is 0. The zero-order chi connectivity index (χ0) is 12.2. The average molecular weight is 232 g/mol. The Morgan fingerprint density at radius 2 is 1.69 bits per heavy atom. The Bertz CT molecular complexity index is 359. The Kier molecular flexibility index (Phi) is 3.97. The first-order valence-corrected chi connectivity index (χ1v) is 4.25. The van der Waals surface area contributed by atoms with Gasteiger partial charge in [0.25, 0.3) is 0 Å². The monoisotopic (exact) mass is 232 g/mol. The van der Waals surface area contributed by atoms with Gasteiger partial charge < -0.3 is 14.7 Å². The van der Waals surface area contributed by atoms with E-state index >= 15 is 0 Å². The van der Waals surface area contributed by atoms with Crippen LogP contribution in [0.5, 0.6) is 0 Å². The number of halogens is 3. The SMILES string of the molecule is OB(O)OC=Cc1ccc(C(F)(F)F)cc1. The summed E-state index contributed by atoms with van der Waals surface area (Å²) in [4.78, 5) is 0. The molecule has 0 saturated heterocycles. The van der Waals surface area contributed by atoms with Crippen LogP contribution in [-0.4, -0.2) is 17.4 Å². The van der Waals surface area contributed by atoms with Gasteiger partial charge in [0.2, 0.25) is 0 Å². The van der Waals surface area contributed by atoms with E-state index in [1.54, 1.807) is 0 Å². The van der Waals surface area contributed by atoms with E-state index in [1.807, 2.05) is 0 Å². The van der Waals surface area contributed by atoms with E-state index in [2.05, 4.69) is 4.65 Å². The van der Waals surface area contributed by atoms with Gasteiger partial charge in [-0.15, -0.1) is 0 Å². The number of benzene rings is 1. The zero-order valence-electron chi connectivity index (χ0n) is 7.98. The maximum atomic E-state index is 12.2. The topological polar surface area (TPSA) is 49.7 Å². The zero-order valence-corrected chi connectivity index (χ0v) is 7.98. The lowest BCUT2D eigenvalue weighted by Crippen LogP contribution is -2.12. The summed E-state index contributed by atoms with van der Waals surface area (Å²) in [5, 5.41) is 16.6. The van der Waals surface area contributed by atoms with Crippen molar-refractivity contribution in [2.24, 2.45) is 0 Å². The second kappa shape index (κ2) is 5.04. The van der Waals surface area contributed by atoms with Gasteiger partial charge in [-0.05, 0) is 23.8 Å². The molecule has 0 aliphatic carbocycles. The second-order valence-electron chi connectivity index (χ2n) is 2.88. The summed E-state index contributed by atoms with van der Waals surface area (Å²) in [7, 11) is -1.94. The van der Waals surface area contributed by atoms with Gasteiger partial charge in [-0.1, -0.05) is 12.1 Å². The molecule has 0 saturated carbocycles. The molecule has 1 aromatic rings. The third-order valence-corrected chi connectivity index (χ3v) is 1.70. The Balaban J connectivity index is 2.69. The fourth-order valence-electron chi connectivity index (χ4n) is 0.971. The highest BCUT2D eigenvalue weighted by molar-refractivity contribution is 6.32. The molecule has 0 bridgehead atoms. The van der Waals surface area contributed by atoms with Gasteiger partial charge >= 0.3 is 13.5 Å². The van der Waals surface area contributed by atoms with Gasteiger partial charge in [0, 0.05) is 0 Å². The van der Waals surface area contributed by atoms with Gasteiger partial charge in [0.15, 0.2) is 0 Å². The van der Waals surface area contributed by atoms with Gasteiger partial charge in [-0.3, -0.25) is 0 Å². The van der Waals surface area contributed by atoms with Crippen molar-refractivity contribution < 1.29 is 27.9 Å². The Morgan fingerprint density at radius 1 is 1.12 bits per heavy atom. The maximum Gasteiger partial charge on any atom is 0.707 e. The van der Waals surface area contributed by atoms with Crippen molar-refractivity contribution >= 4 is 13.4 Å². The molecule has 0 atom stereocenters. The van der Waals surface area contributed by atoms with Crippen LogP contribution in [0.3, 0.4) is 0 Å². The van der Waals surface area contributed by atoms with Crippen molar-refractivity contribution in [3.8, 4) is 0 Å². The number of alkyl halides is 3. The Morgan fingerprint density at radius 3 is 2.12 bits per heavy atom. The van der Waals surface area contributed by atoms with Crippen molar-refractivity contribution in [2.75, 3.05) is 0 Å². The van der Waals surface area contributed by atoms with Crippen LogP contribution < -0.4 is 0 Å². The molecule has 0 heterocycles. The molecule has 3 nitrogen and oxygen atoms in total. The van der Waals surface area contributed by atoms with Crippen molar-refractivity contribution in [2.45, 2.75) is 6.18 Å². The third kappa shape index (κ3) is 3.96. The summed E-state index contributed by atoms with van der Waals surface area (Å²) >= 11 is 0. The van der Waals surface area contributed by atoms with E-state index in [-0.39, 0.29) is 0 Å². The van der Waals surface area contributed by atoms with Gasteiger partial charge in [-0.2, -0.15) is 13.2 Å². The maximum absolute atomic E-state index is 12.2. The van der Waals surface area contributed by atoms with E-state index in [0.717, 1.165) is 18.4 Å². The normalized spacial score (nSPS) is 11.8. The Labute approximate surface area is 90.0 Å². The quantitative estimate of drug-likeness (QED) is 0.615. The first-order chi connectivity index (χ1) is 7.39. The number of rotatable bonds is 3. The largest absolute Gasteiger partial charge is 0.707 e. The highest BCUT2D eigenvalue weighted by atomic mass is 19.4. The molecule has 16 heavy (non-hydrogen) atoms. The summed E-state index contributed by atoms with van der Waals surface area (Å²) in [6.07, 6.45) is -2.08. The second-order valence-corrected chi connectivity index (χ2v) is 2.88. The summed E-state index contributed by atoms with van der Waals surface area (Å²) < 4.78 is 40.8. The van der Waals surface area contributed by atoms with E-state index in [4.69, 9.17) is 10.0 Å². The minimum absolute atomic E-state index is 0.452. The minimum atomic E-state index is -4.36. The summed E-state index contributed by atoms with van der Waals surface area (Å²) in [6, 6.07) is 4.34. The third-order valence-electron chi connectivity index (χ3n) is 1.70. The predicted molar refractivity (Wildman–Crippen MR) is 51.8 cm³/mol. The molecular weight excluding hydrogens is 224 g/mol. The lowest BCUT2D eigenvalue weighted by Gasteiger charge is -2.05. The van der Waals surface area contributed by atoms with E-state index in [0.29, 0.717) is 5.56 Å². The van der Waals surface area contributed by atoms with Gasteiger partial charge in [0.05, 0.1) is 11.8 Å². The van der Waals surface area contributed by atoms with E-state index < -0.39 is 19.1 Å². The highest BCUT2D eigenvalue weighted by Gasteiger charge is 2.29. The van der Waals surface area contributed by atoms with Crippen LogP contribution in [-0.2, 0) is 10.8 Å². The van der Waals surface area contributed by atoms with E-state index in [9.17, 15) is 13.2 Å². The molecule has 0 aromatic heterocycles. The molecule has 0 radical (unpaired) electrons. The van der Waals surface area contributed by atoms with Gasteiger partial charge in [0.1, 0.15) is 0 Å². The molecule has 0 aliphatic rings. The standard InChI is InChI=1S/C9H8BF3O3/c11-9(12,13)8-3-1-7(2-4-8)5-6-16-10(14)15/h1-6,14-15H. The smallest absolute Gasteiger partial charge is 0.518 e. The molecule has 1 aromatic carbocycles. The molecule has 0 fully saturated rings. The van der Waals surface area contributed by atoms with Crippen LogP contribution in [0.1, 0.15) is 11.1 Å². The molecule has 2 N–H and O–H groups in total. The summed E-state index contributed by atoms with van der Waals surface area (Å²) in [5.41, 5.74) is -0.290. The average Bonchev–Trinajstić information content (AvgIpc) is 2.16. The van der Waals surface area contributed by atoms with Crippen LogP contribution in [0.25, 0.3) is 6.08 Å². The molecular formula is C9H8BF3O3. The van der Waals surface area contributed by atoms with Crippen LogP contribution >= 0.6 is 0 Å². The van der Waals surface area contributed by atoms with Crippen molar-refractivity contribution in [1.82, 2.24) is 0 Å². The molecule has 7 heteroatoms. The van der Waals surface area contributed by atoms with Gasteiger partial charge in [-0.25, -0.2) is 0 Å². The first kappa shape index (κ1) is 12.6. The molecule has 1 rings (SSSR count). The molecule has 0 amide bonds. The van der Waals surface area contributed by atoms with E-state index in [1.165, 1.54) is 18.2 Å². The van der Waals surface area contributed by atoms with Crippen LogP contribution in [0, 0.1) is 0 Å². The lowest BCUT2D eigenvalue weighted by molar-refractivity contribution is -0.137. The van der Waals surface area contributed by atoms with Crippen LogP contribution in [0.4, 0.5) is 13.2 Å². The first-order valence-electron chi connectivity index (χ1n) is 4.25. The van der Waals surface area contributed by atoms with Crippen molar-refractivity contribution in [3.63, 3.8) is 0 Å². The fourth-order valence-corrected chi connectivity index (χ4v) is 0.971. The summed E-state index contributed by atoms with van der Waals surface area (Å²) in [5.74, 6) is 0. The highest BCUT2D eigenvalue weighted by Crippen LogP contribution is 2.29. The molecule has 86 valence electrons. The number of hydrogen-bond donors (Lipinski definition) is 2. The fraction of sp³-hybridized carbons (Fsp3) is 0.111. The van der Waals surface area contributed by atoms with Crippen LogP contribution in [0.2, 0.25) is 0 Å². The molecule has 0 unspecified atom stereocenters.